The van der Waals surface area contributed by atoms with Crippen LogP contribution in [0.25, 0.3) is 11.0 Å². The van der Waals surface area contributed by atoms with Crippen molar-refractivity contribution in [1.82, 2.24) is 19.8 Å². The van der Waals surface area contributed by atoms with Crippen molar-refractivity contribution in [2.45, 2.75) is 24.9 Å². The minimum absolute atomic E-state index is 0.0897. The Bertz CT molecular complexity index is 915. The molecule has 1 aliphatic heterocycles. The van der Waals surface area contributed by atoms with Gasteiger partial charge in [0.15, 0.2) is 5.82 Å². The monoisotopic (exact) mass is 366 g/mol. The Hall–Kier alpha value is -2.58. The van der Waals surface area contributed by atoms with Crippen LogP contribution in [0.15, 0.2) is 12.1 Å². The van der Waals surface area contributed by atoms with Crippen molar-refractivity contribution in [1.29, 1.82) is 0 Å². The summed E-state index contributed by atoms with van der Waals surface area (Å²) in [5.74, 6) is -0.788. The highest BCUT2D eigenvalue weighted by atomic mass is 19.4. The number of halogens is 3. The normalized spacial score (nSPS) is 18.3. The van der Waals surface area contributed by atoms with Gasteiger partial charge in [-0.3, -0.25) is 9.59 Å². The molecule has 0 spiro atoms. The number of nitrogens with one attached hydrogen (secondary N) is 1. The zero-order valence-corrected chi connectivity index (χ0v) is 14.1. The fourth-order valence-corrected chi connectivity index (χ4v) is 3.32. The molecule has 0 atom stereocenters. The molecule has 138 valence electrons. The van der Waals surface area contributed by atoms with Gasteiger partial charge < -0.3 is 14.8 Å². The van der Waals surface area contributed by atoms with E-state index < -0.39 is 17.6 Å². The number of piperazine rings is 1. The Morgan fingerprint density at radius 2 is 2.04 bits per heavy atom. The van der Waals surface area contributed by atoms with E-state index >= 15 is 0 Å². The van der Waals surface area contributed by atoms with E-state index in [-0.39, 0.29) is 35.2 Å². The molecule has 1 aromatic carbocycles. The standard InChI is InChI=1S/C17H17F3N4O2/c1-23-12-7-10(9-2-3-9)6-11(17(18,19)20)14(12)22-15(23)16(26)24-5-4-21-13(25)8-24/h6-7,9H,2-5,8H2,1H3,(H,21,25). The second kappa shape index (κ2) is 5.72. The molecule has 2 aromatic rings. The van der Waals surface area contributed by atoms with E-state index in [2.05, 4.69) is 10.3 Å². The number of nitrogens with zero attached hydrogens (tertiary/aromatic N) is 3. The van der Waals surface area contributed by atoms with E-state index in [0.29, 0.717) is 18.7 Å². The van der Waals surface area contributed by atoms with Crippen LogP contribution in [0, 0.1) is 0 Å². The van der Waals surface area contributed by atoms with Crippen LogP contribution in [0.3, 0.4) is 0 Å². The highest BCUT2D eigenvalue weighted by molar-refractivity contribution is 5.98. The second-order valence-corrected chi connectivity index (χ2v) is 6.78. The fourth-order valence-electron chi connectivity index (χ4n) is 3.32. The van der Waals surface area contributed by atoms with Crippen molar-refractivity contribution in [3.05, 3.63) is 29.1 Å². The predicted octanol–water partition coefficient (Wildman–Crippen LogP) is 2.04. The third-order valence-corrected chi connectivity index (χ3v) is 4.88. The molecule has 4 rings (SSSR count). The number of fused-ring (bicyclic) bond motifs is 1. The molecule has 2 fully saturated rings. The van der Waals surface area contributed by atoms with Gasteiger partial charge in [-0.15, -0.1) is 0 Å². The van der Waals surface area contributed by atoms with Crippen LogP contribution in [-0.4, -0.2) is 45.9 Å². The zero-order chi connectivity index (χ0) is 18.6. The van der Waals surface area contributed by atoms with E-state index in [1.54, 1.807) is 6.07 Å². The topological polar surface area (TPSA) is 67.2 Å². The van der Waals surface area contributed by atoms with Gasteiger partial charge >= 0.3 is 6.18 Å². The smallest absolute Gasteiger partial charge is 0.353 e. The number of carbonyl (C=O) groups is 2. The molecule has 0 radical (unpaired) electrons. The largest absolute Gasteiger partial charge is 0.418 e. The summed E-state index contributed by atoms with van der Waals surface area (Å²) in [5, 5.41) is 2.61. The van der Waals surface area contributed by atoms with Crippen LogP contribution in [0.5, 0.6) is 0 Å². The van der Waals surface area contributed by atoms with Crippen LogP contribution in [0.4, 0.5) is 13.2 Å². The van der Waals surface area contributed by atoms with Crippen LogP contribution in [0.2, 0.25) is 0 Å². The van der Waals surface area contributed by atoms with Crippen molar-refractivity contribution >= 4 is 22.8 Å². The molecule has 2 heterocycles. The number of carbonyl (C=O) groups excluding carboxylic acids is 2. The maximum Gasteiger partial charge on any atom is 0.418 e. The number of hydrogen-bond donors (Lipinski definition) is 1. The maximum atomic E-state index is 13.5. The van der Waals surface area contributed by atoms with Gasteiger partial charge in [0, 0.05) is 20.1 Å². The summed E-state index contributed by atoms with van der Waals surface area (Å²) in [6, 6.07) is 2.84. The molecule has 6 nitrogen and oxygen atoms in total. The summed E-state index contributed by atoms with van der Waals surface area (Å²) in [7, 11) is 1.53. The number of aryl methyl sites for hydroxylation is 1. The lowest BCUT2D eigenvalue weighted by Gasteiger charge is -2.26. The average molecular weight is 366 g/mol. The number of rotatable bonds is 2. The Labute approximate surface area is 147 Å². The van der Waals surface area contributed by atoms with Crippen molar-refractivity contribution in [2.24, 2.45) is 7.05 Å². The third kappa shape index (κ3) is 2.81. The Morgan fingerprint density at radius 3 is 2.65 bits per heavy atom. The SMILES string of the molecule is Cn1c(C(=O)N2CCNC(=O)C2)nc2c(C(F)(F)F)cc(C3CC3)cc21. The summed E-state index contributed by atoms with van der Waals surface area (Å²) in [4.78, 5) is 29.5. The molecule has 1 aliphatic carbocycles. The first-order chi connectivity index (χ1) is 12.3. The Balaban J connectivity index is 1.83. The highest BCUT2D eigenvalue weighted by Gasteiger charge is 2.37. The van der Waals surface area contributed by atoms with Crippen LogP contribution in [-0.2, 0) is 18.0 Å². The van der Waals surface area contributed by atoms with Crippen molar-refractivity contribution < 1.29 is 22.8 Å². The zero-order valence-electron chi connectivity index (χ0n) is 14.1. The fraction of sp³-hybridized carbons (Fsp3) is 0.471. The molecule has 9 heteroatoms. The van der Waals surface area contributed by atoms with Gasteiger partial charge in [-0.25, -0.2) is 4.98 Å². The number of aromatic nitrogens is 2. The first-order valence-corrected chi connectivity index (χ1v) is 8.39. The number of benzene rings is 1. The Morgan fingerprint density at radius 1 is 1.31 bits per heavy atom. The number of imidazole rings is 1. The molecule has 1 aromatic heterocycles. The lowest BCUT2D eigenvalue weighted by molar-refractivity contribution is -0.136. The van der Waals surface area contributed by atoms with E-state index in [9.17, 15) is 22.8 Å². The van der Waals surface area contributed by atoms with E-state index in [4.69, 9.17) is 0 Å². The van der Waals surface area contributed by atoms with Crippen LogP contribution < -0.4 is 5.32 Å². The van der Waals surface area contributed by atoms with E-state index in [0.717, 1.165) is 18.9 Å². The van der Waals surface area contributed by atoms with Gasteiger partial charge in [0.1, 0.15) is 12.1 Å². The average Bonchev–Trinajstić information content (AvgIpc) is 3.37. The van der Waals surface area contributed by atoms with Crippen LogP contribution >= 0.6 is 0 Å². The summed E-state index contributed by atoms with van der Waals surface area (Å²) < 4.78 is 42.0. The molecule has 1 saturated carbocycles. The van der Waals surface area contributed by atoms with E-state index in [1.165, 1.54) is 16.5 Å². The molecule has 2 amide bonds. The van der Waals surface area contributed by atoms with Gasteiger partial charge in [-0.2, -0.15) is 13.2 Å². The highest BCUT2D eigenvalue weighted by Crippen LogP contribution is 2.44. The number of hydrogen-bond acceptors (Lipinski definition) is 3. The molecule has 1 saturated heterocycles. The minimum Gasteiger partial charge on any atom is -0.353 e. The lowest BCUT2D eigenvalue weighted by Crippen LogP contribution is -2.50. The summed E-state index contributed by atoms with van der Waals surface area (Å²) in [5.41, 5.74) is -0.132. The summed E-state index contributed by atoms with van der Waals surface area (Å²) in [6.45, 7) is 0.489. The molecule has 1 N–H and O–H groups in total. The first-order valence-electron chi connectivity index (χ1n) is 8.39. The van der Waals surface area contributed by atoms with Gasteiger partial charge in [0.25, 0.3) is 5.91 Å². The number of amides is 2. The number of alkyl halides is 3. The van der Waals surface area contributed by atoms with Crippen molar-refractivity contribution in [3.63, 3.8) is 0 Å². The van der Waals surface area contributed by atoms with Gasteiger partial charge in [-0.1, -0.05) is 0 Å². The van der Waals surface area contributed by atoms with Crippen molar-refractivity contribution in [2.75, 3.05) is 19.6 Å². The van der Waals surface area contributed by atoms with Gasteiger partial charge in [-0.05, 0) is 36.5 Å². The van der Waals surface area contributed by atoms with Gasteiger partial charge in [0.05, 0.1) is 11.1 Å². The molecular weight excluding hydrogens is 349 g/mol. The molecule has 0 bridgehead atoms. The van der Waals surface area contributed by atoms with E-state index in [1.807, 2.05) is 0 Å². The quantitative estimate of drug-likeness (QED) is 0.885. The summed E-state index contributed by atoms with van der Waals surface area (Å²) in [6.07, 6.45) is -2.81. The van der Waals surface area contributed by atoms with Gasteiger partial charge in [0.2, 0.25) is 5.91 Å². The second-order valence-electron chi connectivity index (χ2n) is 6.78. The third-order valence-electron chi connectivity index (χ3n) is 4.88. The lowest BCUT2D eigenvalue weighted by atomic mass is 10.0. The van der Waals surface area contributed by atoms with Crippen molar-refractivity contribution in [3.8, 4) is 0 Å². The van der Waals surface area contributed by atoms with Crippen LogP contribution in [0.1, 0.15) is 40.5 Å². The summed E-state index contributed by atoms with van der Waals surface area (Å²) >= 11 is 0. The first kappa shape index (κ1) is 16.9. The maximum absolute atomic E-state index is 13.5. The molecule has 26 heavy (non-hydrogen) atoms. The Kier molecular flexibility index (Phi) is 3.71. The molecule has 2 aliphatic rings. The predicted molar refractivity (Wildman–Crippen MR) is 86.6 cm³/mol. The molecule has 0 unspecified atom stereocenters. The minimum atomic E-state index is -4.55. The molecular formula is C17H17F3N4O2.